The molecule has 26 heavy (non-hydrogen) atoms. The van der Waals surface area contributed by atoms with E-state index in [9.17, 15) is 13.2 Å². The van der Waals surface area contributed by atoms with E-state index >= 15 is 0 Å². The van der Waals surface area contributed by atoms with Crippen molar-refractivity contribution in [3.63, 3.8) is 0 Å². The van der Waals surface area contributed by atoms with E-state index in [1.807, 2.05) is 12.1 Å². The van der Waals surface area contributed by atoms with E-state index in [0.29, 0.717) is 42.6 Å². The topological polar surface area (TPSA) is 56.3 Å². The number of anilines is 1. The summed E-state index contributed by atoms with van der Waals surface area (Å²) in [6.07, 6.45) is -4.44. The third-order valence-corrected chi connectivity index (χ3v) is 4.95. The predicted octanol–water partition coefficient (Wildman–Crippen LogP) is 4.75. The molecule has 3 heterocycles. The van der Waals surface area contributed by atoms with E-state index in [-0.39, 0.29) is 21.3 Å². The van der Waals surface area contributed by atoms with Gasteiger partial charge < -0.3 is 14.8 Å². The van der Waals surface area contributed by atoms with Crippen LogP contribution in [-0.2, 0) is 12.7 Å². The fourth-order valence-corrected chi connectivity index (χ4v) is 3.67. The lowest BCUT2D eigenvalue weighted by molar-refractivity contribution is -0.134. The number of ether oxygens (including phenoxy) is 2. The van der Waals surface area contributed by atoms with Crippen molar-refractivity contribution < 1.29 is 22.6 Å². The van der Waals surface area contributed by atoms with Crippen LogP contribution in [0.4, 0.5) is 19.0 Å². The Labute approximate surface area is 154 Å². The van der Waals surface area contributed by atoms with E-state index in [0.717, 1.165) is 11.6 Å². The molecule has 1 aliphatic rings. The average Bonchev–Trinajstić information content (AvgIpc) is 3.04. The largest absolute Gasteiger partial charge is 0.486 e. The normalized spacial score (nSPS) is 13.8. The number of halogens is 4. The number of aromatic nitrogens is 2. The highest BCUT2D eigenvalue weighted by atomic mass is 35.5. The molecular formula is C16H11ClF3N3O2S. The zero-order valence-corrected chi connectivity index (χ0v) is 14.6. The van der Waals surface area contributed by atoms with Gasteiger partial charge in [-0.15, -0.1) is 11.3 Å². The molecule has 0 amide bonds. The van der Waals surface area contributed by atoms with Crippen molar-refractivity contribution >= 4 is 39.0 Å². The van der Waals surface area contributed by atoms with Crippen molar-refractivity contribution in [1.82, 2.24) is 9.97 Å². The van der Waals surface area contributed by atoms with Gasteiger partial charge in [0.1, 0.15) is 28.7 Å². The molecule has 0 radical (unpaired) electrons. The Kier molecular flexibility index (Phi) is 4.28. The van der Waals surface area contributed by atoms with Crippen LogP contribution < -0.4 is 14.8 Å². The number of nitrogens with one attached hydrogen (secondary N) is 1. The number of hydrogen-bond donors (Lipinski definition) is 1. The van der Waals surface area contributed by atoms with E-state index in [4.69, 9.17) is 21.1 Å². The molecule has 4 rings (SSSR count). The summed E-state index contributed by atoms with van der Waals surface area (Å²) in [7, 11) is 0. The third kappa shape index (κ3) is 3.36. The summed E-state index contributed by atoms with van der Waals surface area (Å²) in [4.78, 5) is 7.34. The zero-order chi connectivity index (χ0) is 18.3. The highest BCUT2D eigenvalue weighted by Gasteiger charge is 2.33. The van der Waals surface area contributed by atoms with Crippen molar-refractivity contribution in [2.45, 2.75) is 12.7 Å². The van der Waals surface area contributed by atoms with E-state index in [1.165, 1.54) is 0 Å². The minimum absolute atomic E-state index is 0.113. The van der Waals surface area contributed by atoms with Crippen molar-refractivity contribution in [2.75, 3.05) is 18.5 Å². The van der Waals surface area contributed by atoms with Gasteiger partial charge in [-0.2, -0.15) is 13.2 Å². The van der Waals surface area contributed by atoms with Gasteiger partial charge in [-0.1, -0.05) is 6.07 Å². The maximum Gasteiger partial charge on any atom is 0.425 e. The summed E-state index contributed by atoms with van der Waals surface area (Å²) < 4.78 is 49.8. The number of hydrogen-bond acceptors (Lipinski definition) is 6. The molecule has 1 N–H and O–H groups in total. The number of alkyl halides is 3. The Morgan fingerprint density at radius 2 is 1.88 bits per heavy atom. The first-order valence-electron chi connectivity index (χ1n) is 7.57. The standard InChI is InChI=1S/C16H11ClF3N3O2S/c17-15-22-13(9-6-12(16(18,19)20)26-14(9)23-15)21-7-8-1-2-10-11(5-8)25-4-3-24-10/h1-2,5-6H,3-4,7H2,(H,21,22,23). The monoisotopic (exact) mass is 401 g/mol. The van der Waals surface area contributed by atoms with Crippen LogP contribution in [0.5, 0.6) is 11.5 Å². The van der Waals surface area contributed by atoms with E-state index < -0.39 is 11.1 Å². The van der Waals surface area contributed by atoms with Crippen LogP contribution in [0.2, 0.25) is 5.28 Å². The molecule has 10 heteroatoms. The lowest BCUT2D eigenvalue weighted by atomic mass is 10.2. The number of benzene rings is 1. The minimum Gasteiger partial charge on any atom is -0.486 e. The smallest absolute Gasteiger partial charge is 0.425 e. The maximum absolute atomic E-state index is 13.0. The molecule has 3 aromatic rings. The van der Waals surface area contributed by atoms with Gasteiger partial charge in [0.25, 0.3) is 0 Å². The first kappa shape index (κ1) is 17.2. The quantitative estimate of drug-likeness (QED) is 0.642. The Morgan fingerprint density at radius 1 is 1.12 bits per heavy atom. The molecule has 2 aromatic heterocycles. The first-order chi connectivity index (χ1) is 12.4. The molecule has 1 aliphatic heterocycles. The number of fused-ring (bicyclic) bond motifs is 2. The molecule has 136 valence electrons. The molecule has 0 atom stereocenters. The summed E-state index contributed by atoms with van der Waals surface area (Å²) in [5, 5.41) is 3.19. The molecule has 0 spiro atoms. The van der Waals surface area contributed by atoms with Gasteiger partial charge in [0.2, 0.25) is 5.28 Å². The number of thiophene rings is 1. The lowest BCUT2D eigenvalue weighted by Gasteiger charge is -2.19. The van der Waals surface area contributed by atoms with Crippen LogP contribution in [0, 0.1) is 0 Å². The molecule has 0 unspecified atom stereocenters. The number of nitrogens with zero attached hydrogens (tertiary/aromatic N) is 2. The van der Waals surface area contributed by atoms with Gasteiger partial charge in [-0.25, -0.2) is 9.97 Å². The lowest BCUT2D eigenvalue weighted by Crippen LogP contribution is -2.15. The molecule has 0 fully saturated rings. The summed E-state index contributed by atoms with van der Waals surface area (Å²) in [6, 6.07) is 6.48. The van der Waals surface area contributed by atoms with E-state index in [2.05, 4.69) is 15.3 Å². The summed E-state index contributed by atoms with van der Waals surface area (Å²) >= 11 is 6.39. The summed E-state index contributed by atoms with van der Waals surface area (Å²) in [5.74, 6) is 1.55. The zero-order valence-electron chi connectivity index (χ0n) is 13.1. The Bertz CT molecular complexity index is 977. The molecule has 0 saturated carbocycles. The van der Waals surface area contributed by atoms with Gasteiger partial charge in [0.15, 0.2) is 11.5 Å². The molecule has 5 nitrogen and oxygen atoms in total. The van der Waals surface area contributed by atoms with Crippen LogP contribution in [0.25, 0.3) is 10.2 Å². The third-order valence-electron chi connectivity index (χ3n) is 3.71. The van der Waals surface area contributed by atoms with Crippen molar-refractivity contribution in [1.29, 1.82) is 0 Å². The van der Waals surface area contributed by atoms with Crippen LogP contribution >= 0.6 is 22.9 Å². The van der Waals surface area contributed by atoms with Crippen LogP contribution in [0.15, 0.2) is 24.3 Å². The van der Waals surface area contributed by atoms with Gasteiger partial charge in [0, 0.05) is 6.54 Å². The summed E-state index contributed by atoms with van der Waals surface area (Å²) in [6.45, 7) is 1.30. The molecule has 0 saturated heterocycles. The van der Waals surface area contributed by atoms with Crippen molar-refractivity contribution in [2.24, 2.45) is 0 Å². The molecular weight excluding hydrogens is 391 g/mol. The fraction of sp³-hybridized carbons (Fsp3) is 0.250. The minimum atomic E-state index is -4.44. The van der Waals surface area contributed by atoms with Crippen LogP contribution in [0.1, 0.15) is 10.4 Å². The maximum atomic E-state index is 13.0. The average molecular weight is 402 g/mol. The Balaban J connectivity index is 1.61. The Morgan fingerprint density at radius 3 is 2.65 bits per heavy atom. The summed E-state index contributed by atoms with van der Waals surface area (Å²) in [5.41, 5.74) is 0.864. The second-order valence-corrected chi connectivity index (χ2v) is 6.87. The van der Waals surface area contributed by atoms with Gasteiger partial charge >= 0.3 is 6.18 Å². The second kappa shape index (κ2) is 6.48. The van der Waals surface area contributed by atoms with Crippen molar-refractivity contribution in [3.8, 4) is 11.5 Å². The number of rotatable bonds is 3. The van der Waals surface area contributed by atoms with Gasteiger partial charge in [-0.05, 0) is 35.4 Å². The Hall–Kier alpha value is -2.26. The SMILES string of the molecule is FC(F)(F)c1cc2c(NCc3ccc4c(c3)OCCO4)nc(Cl)nc2s1. The fourth-order valence-electron chi connectivity index (χ4n) is 2.55. The highest BCUT2D eigenvalue weighted by Crippen LogP contribution is 2.39. The highest BCUT2D eigenvalue weighted by molar-refractivity contribution is 7.18. The molecule has 0 bridgehead atoms. The first-order valence-corrected chi connectivity index (χ1v) is 8.76. The predicted molar refractivity (Wildman–Crippen MR) is 92.2 cm³/mol. The van der Waals surface area contributed by atoms with Gasteiger partial charge in [-0.3, -0.25) is 0 Å². The van der Waals surface area contributed by atoms with Crippen molar-refractivity contribution in [3.05, 3.63) is 40.0 Å². The van der Waals surface area contributed by atoms with Crippen LogP contribution in [0.3, 0.4) is 0 Å². The van der Waals surface area contributed by atoms with Crippen LogP contribution in [-0.4, -0.2) is 23.2 Å². The molecule has 1 aromatic carbocycles. The van der Waals surface area contributed by atoms with E-state index in [1.54, 1.807) is 6.07 Å². The molecule has 0 aliphatic carbocycles. The second-order valence-electron chi connectivity index (χ2n) is 5.50. The van der Waals surface area contributed by atoms with Gasteiger partial charge in [0.05, 0.1) is 5.39 Å².